The molecule has 4 heteroatoms. The molecule has 0 aromatic heterocycles. The molecule has 1 rings (SSSR count). The van der Waals surface area contributed by atoms with E-state index < -0.39 is 0 Å². The molecule has 1 aromatic rings. The molecule has 0 bridgehead atoms. The van der Waals surface area contributed by atoms with E-state index in [0.29, 0.717) is 19.6 Å². The van der Waals surface area contributed by atoms with Crippen LogP contribution in [0.1, 0.15) is 31.4 Å². The summed E-state index contributed by atoms with van der Waals surface area (Å²) in [6.45, 7) is 8.69. The van der Waals surface area contributed by atoms with Crippen LogP contribution in [0, 0.1) is 13.8 Å². The van der Waals surface area contributed by atoms with Gasteiger partial charge in [-0.25, -0.2) is 0 Å². The highest BCUT2D eigenvalue weighted by atomic mass is 16.5. The Morgan fingerprint density at radius 2 is 2.00 bits per heavy atom. The molecule has 4 nitrogen and oxygen atoms in total. The second-order valence-corrected chi connectivity index (χ2v) is 5.61. The molecule has 0 aliphatic carbocycles. The molecule has 0 unspecified atom stereocenters. The Balaban J connectivity index is 2.30. The zero-order valence-electron chi connectivity index (χ0n) is 12.2. The second-order valence-electron chi connectivity index (χ2n) is 5.61. The van der Waals surface area contributed by atoms with Crippen molar-refractivity contribution >= 4 is 5.91 Å². The Morgan fingerprint density at radius 3 is 2.58 bits per heavy atom. The summed E-state index contributed by atoms with van der Waals surface area (Å²) in [5.41, 5.74) is 7.82. The maximum Gasteiger partial charge on any atom is 0.223 e. The summed E-state index contributed by atoms with van der Waals surface area (Å²) in [7, 11) is 0. The van der Waals surface area contributed by atoms with Crippen molar-refractivity contribution in [3.05, 3.63) is 29.3 Å². The maximum absolute atomic E-state index is 11.6. The molecule has 0 radical (unpaired) electrons. The van der Waals surface area contributed by atoms with E-state index in [2.05, 4.69) is 12.2 Å². The molecular formula is C15H24N2O2. The van der Waals surface area contributed by atoms with Crippen LogP contribution in [0.5, 0.6) is 5.75 Å². The van der Waals surface area contributed by atoms with Crippen molar-refractivity contribution < 1.29 is 9.53 Å². The third-order valence-electron chi connectivity index (χ3n) is 2.82. The largest absolute Gasteiger partial charge is 0.493 e. The van der Waals surface area contributed by atoms with Crippen LogP contribution in [0.15, 0.2) is 18.2 Å². The number of rotatable bonds is 6. The van der Waals surface area contributed by atoms with E-state index in [9.17, 15) is 4.79 Å². The third-order valence-corrected chi connectivity index (χ3v) is 2.82. The summed E-state index contributed by atoms with van der Waals surface area (Å²) >= 11 is 0. The fraction of sp³-hybridized carbons (Fsp3) is 0.533. The summed E-state index contributed by atoms with van der Waals surface area (Å²) in [6, 6.07) is 5.92. The molecule has 0 saturated heterocycles. The normalized spacial score (nSPS) is 11.2. The topological polar surface area (TPSA) is 64.3 Å². The van der Waals surface area contributed by atoms with E-state index in [4.69, 9.17) is 10.5 Å². The van der Waals surface area contributed by atoms with Gasteiger partial charge in [-0.15, -0.1) is 0 Å². The standard InChI is InChI=1S/C15H24N2O2/c1-11-5-6-13(9-12(11)2)19-8-7-14(18)17-10-15(3,4)16/h5-6,9H,7-8,10,16H2,1-4H3,(H,17,18). The van der Waals surface area contributed by atoms with Crippen molar-refractivity contribution in [3.63, 3.8) is 0 Å². The van der Waals surface area contributed by atoms with E-state index in [0.717, 1.165) is 5.75 Å². The van der Waals surface area contributed by atoms with E-state index >= 15 is 0 Å². The first-order chi connectivity index (χ1) is 8.78. The molecule has 0 aliphatic heterocycles. The zero-order chi connectivity index (χ0) is 14.5. The highest BCUT2D eigenvalue weighted by molar-refractivity contribution is 5.76. The SMILES string of the molecule is Cc1ccc(OCCC(=O)NCC(C)(C)N)cc1C. The van der Waals surface area contributed by atoms with Crippen molar-refractivity contribution in [3.8, 4) is 5.75 Å². The lowest BCUT2D eigenvalue weighted by atomic mass is 10.1. The van der Waals surface area contributed by atoms with Crippen LogP contribution in [0.3, 0.4) is 0 Å². The Kier molecular flexibility index (Phi) is 5.36. The minimum Gasteiger partial charge on any atom is -0.493 e. The Hall–Kier alpha value is -1.55. The average Bonchev–Trinajstić information content (AvgIpc) is 2.30. The monoisotopic (exact) mass is 264 g/mol. The van der Waals surface area contributed by atoms with Crippen molar-refractivity contribution in [1.29, 1.82) is 0 Å². The molecule has 0 spiro atoms. The average molecular weight is 264 g/mol. The van der Waals surface area contributed by atoms with E-state index in [1.807, 2.05) is 39.0 Å². The first-order valence-electron chi connectivity index (χ1n) is 6.53. The number of carbonyl (C=O) groups is 1. The van der Waals surface area contributed by atoms with Gasteiger partial charge in [-0.1, -0.05) is 6.07 Å². The number of nitrogens with one attached hydrogen (secondary N) is 1. The number of aryl methyl sites for hydroxylation is 2. The second kappa shape index (κ2) is 6.57. The van der Waals surface area contributed by atoms with Gasteiger partial charge in [-0.2, -0.15) is 0 Å². The van der Waals surface area contributed by atoms with Crippen molar-refractivity contribution in [2.45, 2.75) is 39.7 Å². The van der Waals surface area contributed by atoms with Gasteiger partial charge < -0.3 is 15.8 Å². The Bertz CT molecular complexity index is 436. The van der Waals surface area contributed by atoms with E-state index in [1.54, 1.807) is 0 Å². The van der Waals surface area contributed by atoms with Gasteiger partial charge in [-0.3, -0.25) is 4.79 Å². The number of hydrogen-bond acceptors (Lipinski definition) is 3. The fourth-order valence-corrected chi connectivity index (χ4v) is 1.48. The molecular weight excluding hydrogens is 240 g/mol. The highest BCUT2D eigenvalue weighted by Crippen LogP contribution is 2.16. The van der Waals surface area contributed by atoms with Crippen LogP contribution < -0.4 is 15.8 Å². The van der Waals surface area contributed by atoms with Crippen LogP contribution >= 0.6 is 0 Å². The predicted octanol–water partition coefficient (Wildman–Crippen LogP) is 1.93. The van der Waals surface area contributed by atoms with Gasteiger partial charge >= 0.3 is 0 Å². The van der Waals surface area contributed by atoms with Gasteiger partial charge in [-0.05, 0) is 51.0 Å². The number of carbonyl (C=O) groups excluding carboxylic acids is 1. The minimum absolute atomic E-state index is 0.0395. The molecule has 0 fully saturated rings. The molecule has 1 aromatic carbocycles. The van der Waals surface area contributed by atoms with Crippen LogP contribution in [0.4, 0.5) is 0 Å². The number of amides is 1. The molecule has 0 heterocycles. The molecule has 1 amide bonds. The zero-order valence-corrected chi connectivity index (χ0v) is 12.2. The molecule has 106 valence electrons. The Morgan fingerprint density at radius 1 is 1.32 bits per heavy atom. The molecule has 0 aliphatic rings. The van der Waals surface area contributed by atoms with Crippen molar-refractivity contribution in [2.24, 2.45) is 5.73 Å². The summed E-state index contributed by atoms with van der Waals surface area (Å²) in [5, 5.41) is 2.79. The maximum atomic E-state index is 11.6. The van der Waals surface area contributed by atoms with Crippen molar-refractivity contribution in [1.82, 2.24) is 5.32 Å². The third kappa shape index (κ3) is 6.25. The summed E-state index contributed by atoms with van der Waals surface area (Å²) in [5.74, 6) is 0.761. The molecule has 3 N–H and O–H groups in total. The lowest BCUT2D eigenvalue weighted by Crippen LogP contribution is -2.45. The first-order valence-corrected chi connectivity index (χ1v) is 6.53. The van der Waals surface area contributed by atoms with Crippen LogP contribution in [-0.4, -0.2) is 24.6 Å². The Labute approximate surface area is 115 Å². The smallest absolute Gasteiger partial charge is 0.223 e. The molecule has 0 atom stereocenters. The predicted molar refractivity (Wildman–Crippen MR) is 77.3 cm³/mol. The fourth-order valence-electron chi connectivity index (χ4n) is 1.48. The van der Waals surface area contributed by atoms with Crippen LogP contribution in [0.25, 0.3) is 0 Å². The highest BCUT2D eigenvalue weighted by Gasteiger charge is 2.12. The van der Waals surface area contributed by atoms with Gasteiger partial charge in [0.1, 0.15) is 5.75 Å². The first kappa shape index (κ1) is 15.5. The van der Waals surface area contributed by atoms with Gasteiger partial charge in [0.2, 0.25) is 5.91 Å². The van der Waals surface area contributed by atoms with Gasteiger partial charge in [0, 0.05) is 12.1 Å². The molecule has 19 heavy (non-hydrogen) atoms. The lowest BCUT2D eigenvalue weighted by molar-refractivity contribution is -0.121. The number of benzene rings is 1. The van der Waals surface area contributed by atoms with Gasteiger partial charge in [0.25, 0.3) is 0 Å². The minimum atomic E-state index is -0.384. The van der Waals surface area contributed by atoms with Crippen molar-refractivity contribution in [2.75, 3.05) is 13.2 Å². The summed E-state index contributed by atoms with van der Waals surface area (Å²) < 4.78 is 5.55. The van der Waals surface area contributed by atoms with E-state index in [1.165, 1.54) is 11.1 Å². The van der Waals surface area contributed by atoms with Gasteiger partial charge in [0.15, 0.2) is 0 Å². The number of ether oxygens (including phenoxy) is 1. The van der Waals surface area contributed by atoms with Crippen LogP contribution in [0.2, 0.25) is 0 Å². The number of nitrogens with two attached hydrogens (primary N) is 1. The molecule has 0 saturated carbocycles. The van der Waals surface area contributed by atoms with E-state index in [-0.39, 0.29) is 11.4 Å². The number of hydrogen-bond donors (Lipinski definition) is 2. The van der Waals surface area contributed by atoms with Crippen LogP contribution in [-0.2, 0) is 4.79 Å². The van der Waals surface area contributed by atoms with Gasteiger partial charge in [0.05, 0.1) is 13.0 Å². The quantitative estimate of drug-likeness (QED) is 0.825. The summed E-state index contributed by atoms with van der Waals surface area (Å²) in [4.78, 5) is 11.6. The lowest BCUT2D eigenvalue weighted by Gasteiger charge is -2.18. The summed E-state index contributed by atoms with van der Waals surface area (Å²) in [6.07, 6.45) is 0.336.